The number of hydrogen-bond donors (Lipinski definition) is 0. The zero-order valence-corrected chi connectivity index (χ0v) is 5.15. The fourth-order valence-electron chi connectivity index (χ4n) is 0.495. The standard InChI is InChI=1S/C6H6ClN/c7-4-6-2-1-3-8-5-6/h1-2H,4-5H2. The van der Waals surface area contributed by atoms with Gasteiger partial charge in [0.2, 0.25) is 0 Å². The van der Waals surface area contributed by atoms with E-state index in [0.717, 1.165) is 12.1 Å². The SMILES string of the molecule is ClCC1=CC=C=NC1. The van der Waals surface area contributed by atoms with Crippen LogP contribution < -0.4 is 0 Å². The van der Waals surface area contributed by atoms with Crippen LogP contribution in [0.3, 0.4) is 0 Å². The number of aliphatic imine (C=N–C) groups is 1. The van der Waals surface area contributed by atoms with E-state index in [1.165, 1.54) is 0 Å². The van der Waals surface area contributed by atoms with E-state index < -0.39 is 0 Å². The number of alkyl halides is 1. The molecule has 0 aliphatic carbocycles. The monoisotopic (exact) mass is 127 g/mol. The summed E-state index contributed by atoms with van der Waals surface area (Å²) < 4.78 is 0. The van der Waals surface area contributed by atoms with Crippen molar-refractivity contribution in [3.63, 3.8) is 0 Å². The summed E-state index contributed by atoms with van der Waals surface area (Å²) >= 11 is 5.50. The van der Waals surface area contributed by atoms with Crippen LogP contribution in [-0.2, 0) is 0 Å². The third-order valence-corrected chi connectivity index (χ3v) is 1.28. The first kappa shape index (κ1) is 5.61. The highest BCUT2D eigenvalue weighted by molar-refractivity contribution is 6.19. The highest BCUT2D eigenvalue weighted by atomic mass is 35.5. The Labute approximate surface area is 53.4 Å². The summed E-state index contributed by atoms with van der Waals surface area (Å²) in [4.78, 5) is 3.87. The van der Waals surface area contributed by atoms with Crippen molar-refractivity contribution in [2.45, 2.75) is 0 Å². The minimum absolute atomic E-state index is 0.585. The summed E-state index contributed by atoms with van der Waals surface area (Å²) in [5, 5.41) is 0. The predicted molar refractivity (Wildman–Crippen MR) is 35.7 cm³/mol. The van der Waals surface area contributed by atoms with Crippen LogP contribution in [0.2, 0.25) is 0 Å². The third kappa shape index (κ3) is 1.22. The van der Waals surface area contributed by atoms with Crippen molar-refractivity contribution in [3.8, 4) is 0 Å². The maximum absolute atomic E-state index is 5.50. The highest BCUT2D eigenvalue weighted by Crippen LogP contribution is 1.99. The number of allylic oxidation sites excluding steroid dienone is 2. The Morgan fingerprint density at radius 1 is 1.88 bits per heavy atom. The Balaban J connectivity index is 2.63. The molecule has 42 valence electrons. The van der Waals surface area contributed by atoms with Crippen LogP contribution in [0.4, 0.5) is 0 Å². The molecule has 0 fully saturated rings. The van der Waals surface area contributed by atoms with Gasteiger partial charge in [-0.05, 0) is 17.5 Å². The quantitative estimate of drug-likeness (QED) is 0.472. The van der Waals surface area contributed by atoms with E-state index in [-0.39, 0.29) is 0 Å². The van der Waals surface area contributed by atoms with E-state index in [1.807, 2.05) is 6.08 Å². The van der Waals surface area contributed by atoms with Gasteiger partial charge in [-0.25, -0.2) is 4.99 Å². The lowest BCUT2D eigenvalue weighted by molar-refractivity contribution is 1.14. The molecule has 0 saturated heterocycles. The molecule has 0 aromatic heterocycles. The minimum atomic E-state index is 0.585. The molecule has 1 aliphatic heterocycles. The van der Waals surface area contributed by atoms with E-state index in [0.29, 0.717) is 5.88 Å². The maximum Gasteiger partial charge on any atom is 0.0709 e. The second-order valence-corrected chi connectivity index (χ2v) is 1.84. The number of hydrogen-bond acceptors (Lipinski definition) is 1. The Morgan fingerprint density at radius 3 is 3.12 bits per heavy atom. The van der Waals surface area contributed by atoms with Crippen molar-refractivity contribution in [1.29, 1.82) is 0 Å². The first-order valence-corrected chi connectivity index (χ1v) is 2.96. The molecule has 1 rings (SSSR count). The summed E-state index contributed by atoms with van der Waals surface area (Å²) in [6.45, 7) is 0.722. The summed E-state index contributed by atoms with van der Waals surface area (Å²) in [5.74, 6) is 3.30. The van der Waals surface area contributed by atoms with Crippen molar-refractivity contribution in [2.75, 3.05) is 12.4 Å². The Hall–Kier alpha value is -0.520. The molecule has 0 atom stereocenters. The van der Waals surface area contributed by atoms with Gasteiger partial charge in [-0.3, -0.25) is 0 Å². The lowest BCUT2D eigenvalue weighted by Gasteiger charge is -1.96. The van der Waals surface area contributed by atoms with Crippen molar-refractivity contribution in [1.82, 2.24) is 0 Å². The van der Waals surface area contributed by atoms with Gasteiger partial charge in [-0.1, -0.05) is 6.08 Å². The molecular formula is C6H6ClN. The van der Waals surface area contributed by atoms with Crippen LogP contribution in [0.5, 0.6) is 0 Å². The molecule has 0 saturated carbocycles. The highest BCUT2D eigenvalue weighted by Gasteiger charge is 1.91. The lowest BCUT2D eigenvalue weighted by Crippen LogP contribution is -1.91. The molecule has 0 radical (unpaired) electrons. The molecule has 8 heavy (non-hydrogen) atoms. The lowest BCUT2D eigenvalue weighted by atomic mass is 10.2. The second kappa shape index (κ2) is 2.71. The van der Waals surface area contributed by atoms with E-state index >= 15 is 0 Å². The molecule has 0 bridgehead atoms. The van der Waals surface area contributed by atoms with Gasteiger partial charge in [0.1, 0.15) is 0 Å². The molecular weight excluding hydrogens is 122 g/mol. The molecule has 0 amide bonds. The van der Waals surface area contributed by atoms with Crippen molar-refractivity contribution in [3.05, 3.63) is 17.7 Å². The fourth-order valence-corrected chi connectivity index (χ4v) is 0.668. The van der Waals surface area contributed by atoms with Gasteiger partial charge in [0.25, 0.3) is 0 Å². The van der Waals surface area contributed by atoms with Gasteiger partial charge in [0.05, 0.1) is 6.54 Å². The zero-order valence-electron chi connectivity index (χ0n) is 4.39. The third-order valence-electron chi connectivity index (χ3n) is 0.939. The van der Waals surface area contributed by atoms with Gasteiger partial charge in [0, 0.05) is 5.88 Å². The number of nitrogens with zero attached hydrogens (tertiary/aromatic N) is 1. The average Bonchev–Trinajstić information content (AvgIpc) is 1.90. The van der Waals surface area contributed by atoms with E-state index in [2.05, 4.69) is 10.9 Å². The van der Waals surface area contributed by atoms with Crippen molar-refractivity contribution in [2.24, 2.45) is 4.99 Å². The molecule has 0 N–H and O–H groups in total. The van der Waals surface area contributed by atoms with E-state index in [4.69, 9.17) is 11.6 Å². The predicted octanol–water partition coefficient (Wildman–Crippen LogP) is 1.39. The molecule has 2 heteroatoms. The van der Waals surface area contributed by atoms with Crippen LogP contribution in [0.25, 0.3) is 0 Å². The van der Waals surface area contributed by atoms with Crippen molar-refractivity contribution >= 4 is 17.5 Å². The molecule has 1 heterocycles. The Morgan fingerprint density at radius 2 is 2.75 bits per heavy atom. The van der Waals surface area contributed by atoms with E-state index in [1.54, 1.807) is 6.08 Å². The van der Waals surface area contributed by atoms with Crippen LogP contribution >= 0.6 is 11.6 Å². The van der Waals surface area contributed by atoms with Crippen LogP contribution in [0.15, 0.2) is 22.7 Å². The summed E-state index contributed by atoms with van der Waals surface area (Å²) in [6, 6.07) is 0. The number of halogens is 1. The van der Waals surface area contributed by atoms with E-state index in [9.17, 15) is 0 Å². The number of rotatable bonds is 1. The van der Waals surface area contributed by atoms with Gasteiger partial charge in [-0.2, -0.15) is 0 Å². The molecule has 0 aromatic carbocycles. The van der Waals surface area contributed by atoms with Crippen LogP contribution in [0.1, 0.15) is 0 Å². The van der Waals surface area contributed by atoms with Gasteiger partial charge in [-0.15, -0.1) is 11.6 Å². The van der Waals surface area contributed by atoms with Crippen LogP contribution in [0, 0.1) is 0 Å². The summed E-state index contributed by atoms with van der Waals surface area (Å²) in [7, 11) is 0. The van der Waals surface area contributed by atoms with Crippen molar-refractivity contribution < 1.29 is 0 Å². The maximum atomic E-state index is 5.50. The van der Waals surface area contributed by atoms with Gasteiger partial charge < -0.3 is 0 Å². The van der Waals surface area contributed by atoms with Gasteiger partial charge >= 0.3 is 0 Å². The van der Waals surface area contributed by atoms with Crippen LogP contribution in [-0.4, -0.2) is 18.3 Å². The fraction of sp³-hybridized carbons (Fsp3) is 0.333. The van der Waals surface area contributed by atoms with Gasteiger partial charge in [0.15, 0.2) is 0 Å². The topological polar surface area (TPSA) is 12.4 Å². The normalized spacial score (nSPS) is 16.4. The largest absolute Gasteiger partial charge is 0.239 e. The summed E-state index contributed by atoms with van der Waals surface area (Å²) in [6.07, 6.45) is 3.72. The zero-order chi connectivity index (χ0) is 5.82. The summed E-state index contributed by atoms with van der Waals surface area (Å²) in [5.41, 5.74) is 1.16. The smallest absolute Gasteiger partial charge is 0.0709 e. The first-order chi connectivity index (χ1) is 3.93. The average molecular weight is 128 g/mol. The molecule has 1 aliphatic rings. The molecule has 0 unspecified atom stereocenters. The first-order valence-electron chi connectivity index (χ1n) is 2.42. The Bertz CT molecular complexity index is 163. The molecule has 1 nitrogen and oxygen atoms in total. The molecule has 0 aromatic rings. The molecule has 0 spiro atoms. The Kier molecular flexibility index (Phi) is 1.90. The minimum Gasteiger partial charge on any atom is -0.239 e. The second-order valence-electron chi connectivity index (χ2n) is 1.57.